The minimum atomic E-state index is -0.546. The molecule has 8 heteroatoms. The molecule has 144 valence electrons. The molecule has 3 aromatic carbocycles. The van der Waals surface area contributed by atoms with Crippen LogP contribution in [0.4, 0.5) is 0 Å². The molecule has 2 heterocycles. The molecular formula is C21H14BN3O3Pt. The summed E-state index contributed by atoms with van der Waals surface area (Å²) in [5.41, 5.74) is 2.29. The van der Waals surface area contributed by atoms with Crippen molar-refractivity contribution in [2.75, 3.05) is 0 Å². The van der Waals surface area contributed by atoms with Gasteiger partial charge < -0.3 is 14.0 Å². The Balaban J connectivity index is 0.00000205. The second kappa shape index (κ2) is 8.13. The molecule has 5 rings (SSSR count). The Labute approximate surface area is 182 Å². The minimum absolute atomic E-state index is 0. The molecule has 0 unspecified atom stereocenters. The minimum Gasteiger partial charge on any atom is -0.521 e. The van der Waals surface area contributed by atoms with Crippen molar-refractivity contribution in [3.8, 4) is 34.3 Å². The molecule has 1 aliphatic rings. The quantitative estimate of drug-likeness (QED) is 0.283. The van der Waals surface area contributed by atoms with Crippen LogP contribution >= 0.6 is 0 Å². The Morgan fingerprint density at radius 1 is 0.897 bits per heavy atom. The zero-order valence-corrected chi connectivity index (χ0v) is 17.6. The SMILES string of the molecule is Cn1cc(-c2[c-]c(Oc3[c-]c(B4Oc5ccccc5O4)ccc3)ccc2)nn1.[Pt+2]. The van der Waals surface area contributed by atoms with E-state index in [1.54, 1.807) is 4.68 Å². The maximum atomic E-state index is 5.95. The van der Waals surface area contributed by atoms with Gasteiger partial charge in [-0.05, 0) is 12.1 Å². The Kier molecular flexibility index (Phi) is 5.41. The Bertz CT molecular complexity index is 1130. The maximum absolute atomic E-state index is 5.95. The van der Waals surface area contributed by atoms with Gasteiger partial charge in [-0.3, -0.25) is 4.68 Å². The van der Waals surface area contributed by atoms with Gasteiger partial charge in [-0.25, -0.2) is 0 Å². The van der Waals surface area contributed by atoms with Gasteiger partial charge in [0.1, 0.15) is 11.5 Å². The summed E-state index contributed by atoms with van der Waals surface area (Å²) in [6, 6.07) is 25.2. The molecule has 1 aromatic heterocycles. The fourth-order valence-corrected chi connectivity index (χ4v) is 2.93. The van der Waals surface area contributed by atoms with Crippen molar-refractivity contribution in [3.05, 3.63) is 79.0 Å². The summed E-state index contributed by atoms with van der Waals surface area (Å²) in [6.45, 7) is 0. The van der Waals surface area contributed by atoms with Crippen molar-refractivity contribution in [2.45, 2.75) is 0 Å². The Hall–Kier alpha value is -3.05. The van der Waals surface area contributed by atoms with E-state index >= 15 is 0 Å². The number of benzene rings is 3. The van der Waals surface area contributed by atoms with E-state index in [-0.39, 0.29) is 21.1 Å². The fourth-order valence-electron chi connectivity index (χ4n) is 2.93. The number of ether oxygens (including phenoxy) is 1. The molecule has 0 amide bonds. The van der Waals surface area contributed by atoms with Crippen LogP contribution in [0.2, 0.25) is 0 Å². The number of para-hydroxylation sites is 2. The molecule has 0 saturated heterocycles. The summed E-state index contributed by atoms with van der Waals surface area (Å²) in [6.07, 6.45) is 1.83. The molecule has 0 saturated carbocycles. The van der Waals surface area contributed by atoms with Crippen LogP contribution in [-0.2, 0) is 28.1 Å². The first-order valence-electron chi connectivity index (χ1n) is 8.76. The number of hydrogen-bond donors (Lipinski definition) is 0. The molecule has 0 N–H and O–H groups in total. The predicted molar refractivity (Wildman–Crippen MR) is 104 cm³/mol. The van der Waals surface area contributed by atoms with Crippen molar-refractivity contribution < 1.29 is 35.1 Å². The van der Waals surface area contributed by atoms with E-state index in [9.17, 15) is 0 Å². The maximum Gasteiger partial charge on any atom is 2.00 e. The van der Waals surface area contributed by atoms with Gasteiger partial charge in [-0.2, -0.15) is 17.2 Å². The van der Waals surface area contributed by atoms with E-state index in [4.69, 9.17) is 14.0 Å². The predicted octanol–water partition coefficient (Wildman–Crippen LogP) is 3.04. The van der Waals surface area contributed by atoms with E-state index in [2.05, 4.69) is 22.4 Å². The Morgan fingerprint density at radius 2 is 1.59 bits per heavy atom. The van der Waals surface area contributed by atoms with Crippen molar-refractivity contribution >= 4 is 12.6 Å². The van der Waals surface area contributed by atoms with Crippen molar-refractivity contribution in [3.63, 3.8) is 0 Å². The smallest absolute Gasteiger partial charge is 0.521 e. The number of aromatic nitrogens is 3. The summed E-state index contributed by atoms with van der Waals surface area (Å²) < 4.78 is 19.3. The zero-order chi connectivity index (χ0) is 18.9. The van der Waals surface area contributed by atoms with Crippen LogP contribution in [0.15, 0.2) is 66.9 Å². The largest absolute Gasteiger partial charge is 2.00 e. The Morgan fingerprint density at radius 3 is 2.28 bits per heavy atom. The summed E-state index contributed by atoms with van der Waals surface area (Å²) in [7, 11) is 1.28. The molecule has 0 aliphatic carbocycles. The summed E-state index contributed by atoms with van der Waals surface area (Å²) in [5, 5.41) is 8.06. The van der Waals surface area contributed by atoms with Crippen LogP contribution in [0.25, 0.3) is 11.3 Å². The van der Waals surface area contributed by atoms with Crippen LogP contribution in [0, 0.1) is 12.1 Å². The molecule has 0 spiro atoms. The van der Waals surface area contributed by atoms with Crippen LogP contribution in [0.5, 0.6) is 23.0 Å². The van der Waals surface area contributed by atoms with Crippen LogP contribution < -0.4 is 19.5 Å². The zero-order valence-electron chi connectivity index (χ0n) is 15.3. The van der Waals surface area contributed by atoms with E-state index in [0.29, 0.717) is 11.5 Å². The van der Waals surface area contributed by atoms with Crippen LogP contribution in [-0.4, -0.2) is 22.1 Å². The second-order valence-electron chi connectivity index (χ2n) is 6.29. The molecule has 6 nitrogen and oxygen atoms in total. The molecule has 4 aromatic rings. The molecule has 29 heavy (non-hydrogen) atoms. The third-order valence-corrected chi connectivity index (χ3v) is 4.23. The van der Waals surface area contributed by atoms with Gasteiger partial charge in [-0.15, -0.1) is 35.9 Å². The van der Waals surface area contributed by atoms with E-state index in [0.717, 1.165) is 28.2 Å². The average molecular weight is 562 g/mol. The van der Waals surface area contributed by atoms with Gasteiger partial charge in [0.15, 0.2) is 0 Å². The molecular weight excluding hydrogens is 548 g/mol. The van der Waals surface area contributed by atoms with Gasteiger partial charge in [0.25, 0.3) is 0 Å². The van der Waals surface area contributed by atoms with Gasteiger partial charge in [-0.1, -0.05) is 28.9 Å². The van der Waals surface area contributed by atoms with Crippen LogP contribution in [0.1, 0.15) is 0 Å². The monoisotopic (exact) mass is 562 g/mol. The summed E-state index contributed by atoms with van der Waals surface area (Å²) in [5.74, 6) is 2.55. The van der Waals surface area contributed by atoms with Crippen molar-refractivity contribution in [2.24, 2.45) is 7.05 Å². The molecule has 1 aliphatic heterocycles. The normalized spacial score (nSPS) is 11.8. The van der Waals surface area contributed by atoms with Gasteiger partial charge in [0.05, 0.1) is 0 Å². The average Bonchev–Trinajstić information content (AvgIpc) is 3.35. The first kappa shape index (κ1) is 19.3. The summed E-state index contributed by atoms with van der Waals surface area (Å²) in [4.78, 5) is 0. The van der Waals surface area contributed by atoms with Gasteiger partial charge >= 0.3 is 28.2 Å². The molecule has 0 fully saturated rings. The molecule has 0 bridgehead atoms. The van der Waals surface area contributed by atoms with Gasteiger partial charge in [0, 0.05) is 30.4 Å². The van der Waals surface area contributed by atoms with Gasteiger partial charge in [0.2, 0.25) is 0 Å². The number of rotatable bonds is 4. The number of hydrogen-bond acceptors (Lipinski definition) is 5. The number of fused-ring (bicyclic) bond motifs is 1. The first-order chi connectivity index (χ1) is 13.7. The summed E-state index contributed by atoms with van der Waals surface area (Å²) >= 11 is 0. The fraction of sp³-hybridized carbons (Fsp3) is 0.0476. The number of aryl methyl sites for hydroxylation is 1. The van der Waals surface area contributed by atoms with Crippen molar-refractivity contribution in [1.82, 2.24) is 15.0 Å². The van der Waals surface area contributed by atoms with Crippen molar-refractivity contribution in [1.29, 1.82) is 0 Å². The number of nitrogens with zero attached hydrogens (tertiary/aromatic N) is 3. The molecule has 0 radical (unpaired) electrons. The van der Waals surface area contributed by atoms with E-state index in [1.165, 1.54) is 0 Å². The molecule has 0 atom stereocenters. The first-order valence-corrected chi connectivity index (χ1v) is 8.76. The third kappa shape index (κ3) is 4.05. The topological polar surface area (TPSA) is 58.4 Å². The second-order valence-corrected chi connectivity index (χ2v) is 6.29. The third-order valence-electron chi connectivity index (χ3n) is 4.23. The van der Waals surface area contributed by atoms with Crippen LogP contribution in [0.3, 0.4) is 0 Å². The van der Waals surface area contributed by atoms with E-state index in [1.807, 2.05) is 73.9 Å². The van der Waals surface area contributed by atoms with E-state index < -0.39 is 7.12 Å². The standard InChI is InChI=1S/C21H14BN3O3.Pt/c1-25-14-19(23-24-25)15-6-4-8-17(12-15)26-18-9-5-7-16(13-18)22-27-20-10-2-3-11-21(20)28-22;/h2-11,14H,1H3;/q-2;+2.